The van der Waals surface area contributed by atoms with Gasteiger partial charge in [-0.1, -0.05) is 34.8 Å². The maximum absolute atomic E-state index is 13.4. The second kappa shape index (κ2) is 4.84. The summed E-state index contributed by atoms with van der Waals surface area (Å²) in [5.41, 5.74) is 2.84. The van der Waals surface area contributed by atoms with E-state index in [1.165, 1.54) is 31.2 Å². The lowest BCUT2D eigenvalue weighted by molar-refractivity contribution is 0.352. The van der Waals surface area contributed by atoms with Crippen molar-refractivity contribution in [1.29, 1.82) is 0 Å². The number of halogens is 2. The first kappa shape index (κ1) is 12.5. The fourth-order valence-electron chi connectivity index (χ4n) is 3.45. The van der Waals surface area contributed by atoms with Gasteiger partial charge in [0.15, 0.2) is 0 Å². The van der Waals surface area contributed by atoms with Crippen molar-refractivity contribution in [3.05, 3.63) is 29.6 Å². The zero-order valence-corrected chi connectivity index (χ0v) is 12.2. The average Bonchev–Trinajstić information content (AvgIpc) is 2.98. The largest absolute Gasteiger partial charge is 0.370 e. The van der Waals surface area contributed by atoms with Gasteiger partial charge in [-0.3, -0.25) is 0 Å². The van der Waals surface area contributed by atoms with E-state index < -0.39 is 0 Å². The lowest BCUT2D eigenvalue weighted by Gasteiger charge is -2.33. The molecule has 3 heteroatoms. The first-order chi connectivity index (χ1) is 8.72. The third kappa shape index (κ3) is 2.18. The van der Waals surface area contributed by atoms with Gasteiger partial charge in [0, 0.05) is 24.1 Å². The van der Waals surface area contributed by atoms with Crippen LogP contribution in [0, 0.1) is 11.2 Å². The number of hydrogen-bond donors (Lipinski definition) is 0. The molecule has 1 aliphatic heterocycles. The molecule has 0 aromatic heterocycles. The van der Waals surface area contributed by atoms with Crippen LogP contribution in [0.2, 0.25) is 0 Å². The van der Waals surface area contributed by atoms with Crippen LogP contribution in [0.3, 0.4) is 0 Å². The third-order valence-electron chi connectivity index (χ3n) is 4.51. The number of anilines is 1. The summed E-state index contributed by atoms with van der Waals surface area (Å²) in [6.45, 7) is 2.13. The lowest BCUT2D eigenvalue weighted by atomic mass is 9.88. The summed E-state index contributed by atoms with van der Waals surface area (Å²) >= 11 is 3.69. The van der Waals surface area contributed by atoms with E-state index in [2.05, 4.69) is 20.8 Å². The molecule has 0 spiro atoms. The molecule has 18 heavy (non-hydrogen) atoms. The van der Waals surface area contributed by atoms with Crippen molar-refractivity contribution in [2.24, 2.45) is 5.41 Å². The Hall–Kier alpha value is -0.570. The molecule has 0 unspecified atom stereocenters. The van der Waals surface area contributed by atoms with Crippen molar-refractivity contribution in [3.63, 3.8) is 0 Å². The Labute approximate surface area is 116 Å². The van der Waals surface area contributed by atoms with Crippen LogP contribution in [0.15, 0.2) is 18.2 Å². The summed E-state index contributed by atoms with van der Waals surface area (Å²) in [5.74, 6) is -0.111. The van der Waals surface area contributed by atoms with Gasteiger partial charge in [0.1, 0.15) is 5.82 Å². The van der Waals surface area contributed by atoms with E-state index in [1.807, 2.05) is 6.07 Å². The third-order valence-corrected chi connectivity index (χ3v) is 5.70. The second-order valence-electron chi connectivity index (χ2n) is 5.79. The van der Waals surface area contributed by atoms with Gasteiger partial charge in [-0.15, -0.1) is 0 Å². The van der Waals surface area contributed by atoms with Crippen LogP contribution in [0.4, 0.5) is 10.1 Å². The van der Waals surface area contributed by atoms with Gasteiger partial charge in [-0.25, -0.2) is 4.39 Å². The smallest absolute Gasteiger partial charge is 0.125 e. The van der Waals surface area contributed by atoms with E-state index in [9.17, 15) is 4.39 Å². The molecule has 3 rings (SSSR count). The molecule has 0 amide bonds. The molecule has 1 heterocycles. The van der Waals surface area contributed by atoms with E-state index in [4.69, 9.17) is 0 Å². The monoisotopic (exact) mass is 311 g/mol. The van der Waals surface area contributed by atoms with Gasteiger partial charge in [-0.2, -0.15) is 0 Å². The molecule has 0 saturated heterocycles. The maximum atomic E-state index is 13.4. The summed E-state index contributed by atoms with van der Waals surface area (Å²) in [7, 11) is 0. The van der Waals surface area contributed by atoms with Crippen molar-refractivity contribution in [1.82, 2.24) is 0 Å². The van der Waals surface area contributed by atoms with Gasteiger partial charge in [0.2, 0.25) is 0 Å². The number of rotatable bonds is 3. The SMILES string of the molecule is Fc1ccc2c(c1)N(CC1(CBr)CCCC1)CC2. The molecule has 1 fully saturated rings. The topological polar surface area (TPSA) is 3.24 Å². The van der Waals surface area contributed by atoms with E-state index >= 15 is 0 Å². The van der Waals surface area contributed by atoms with E-state index in [-0.39, 0.29) is 5.82 Å². The van der Waals surface area contributed by atoms with Gasteiger partial charge in [-0.05, 0) is 42.4 Å². The Morgan fingerprint density at radius 2 is 2.06 bits per heavy atom. The van der Waals surface area contributed by atoms with Gasteiger partial charge in [0.05, 0.1) is 0 Å². The summed E-state index contributed by atoms with van der Waals surface area (Å²) in [4.78, 5) is 2.39. The molecule has 1 saturated carbocycles. The van der Waals surface area contributed by atoms with Gasteiger partial charge >= 0.3 is 0 Å². The zero-order valence-electron chi connectivity index (χ0n) is 10.6. The number of benzene rings is 1. The average molecular weight is 312 g/mol. The maximum Gasteiger partial charge on any atom is 0.125 e. The second-order valence-corrected chi connectivity index (χ2v) is 6.35. The summed E-state index contributed by atoms with van der Waals surface area (Å²) in [6, 6.07) is 5.23. The van der Waals surface area contributed by atoms with Gasteiger partial charge < -0.3 is 4.90 Å². The van der Waals surface area contributed by atoms with Crippen LogP contribution >= 0.6 is 15.9 Å². The van der Waals surface area contributed by atoms with Crippen molar-refractivity contribution in [2.75, 3.05) is 23.3 Å². The number of hydrogen-bond acceptors (Lipinski definition) is 1. The van der Waals surface area contributed by atoms with E-state index in [0.717, 1.165) is 30.5 Å². The number of alkyl halides is 1. The highest BCUT2D eigenvalue weighted by molar-refractivity contribution is 9.09. The van der Waals surface area contributed by atoms with Crippen LogP contribution in [0.25, 0.3) is 0 Å². The van der Waals surface area contributed by atoms with Crippen LogP contribution in [-0.4, -0.2) is 18.4 Å². The minimum absolute atomic E-state index is 0.111. The normalized spacial score (nSPS) is 21.3. The number of fused-ring (bicyclic) bond motifs is 1. The van der Waals surface area contributed by atoms with E-state index in [0.29, 0.717) is 5.41 Å². The lowest BCUT2D eigenvalue weighted by Crippen LogP contribution is -2.36. The quantitative estimate of drug-likeness (QED) is 0.758. The van der Waals surface area contributed by atoms with E-state index in [1.54, 1.807) is 12.1 Å². The van der Waals surface area contributed by atoms with Crippen LogP contribution < -0.4 is 4.90 Å². The minimum Gasteiger partial charge on any atom is -0.370 e. The van der Waals surface area contributed by atoms with Gasteiger partial charge in [0.25, 0.3) is 0 Å². The standard InChI is InChI=1S/C15H19BrFN/c16-10-15(6-1-2-7-15)11-18-8-5-12-3-4-13(17)9-14(12)18/h3-4,9H,1-2,5-8,10-11H2. The highest BCUT2D eigenvalue weighted by Gasteiger charge is 2.36. The van der Waals surface area contributed by atoms with Crippen LogP contribution in [0.1, 0.15) is 31.2 Å². The molecular formula is C15H19BrFN. The Morgan fingerprint density at radius 3 is 2.78 bits per heavy atom. The first-order valence-corrected chi connectivity index (χ1v) is 7.94. The Kier molecular flexibility index (Phi) is 3.35. The fraction of sp³-hybridized carbons (Fsp3) is 0.600. The van der Waals surface area contributed by atoms with Crippen LogP contribution in [0.5, 0.6) is 0 Å². The summed E-state index contributed by atoms with van der Waals surface area (Å²) < 4.78 is 13.4. The van der Waals surface area contributed by atoms with Crippen molar-refractivity contribution in [3.8, 4) is 0 Å². The summed E-state index contributed by atoms with van der Waals surface area (Å²) in [6.07, 6.45) is 6.36. The molecule has 2 aliphatic rings. The molecule has 1 nitrogen and oxygen atoms in total. The predicted octanol–water partition coefficient (Wildman–Crippen LogP) is 4.14. The molecule has 1 aliphatic carbocycles. The molecule has 0 N–H and O–H groups in total. The Balaban J connectivity index is 1.81. The Morgan fingerprint density at radius 1 is 1.28 bits per heavy atom. The van der Waals surface area contributed by atoms with Crippen LogP contribution in [-0.2, 0) is 6.42 Å². The first-order valence-electron chi connectivity index (χ1n) is 6.82. The molecule has 0 bridgehead atoms. The van der Waals surface area contributed by atoms with Crippen molar-refractivity contribution in [2.45, 2.75) is 32.1 Å². The fourth-order valence-corrected chi connectivity index (χ4v) is 4.18. The minimum atomic E-state index is -0.111. The molecule has 1 aromatic carbocycles. The predicted molar refractivity (Wildman–Crippen MR) is 77.0 cm³/mol. The number of nitrogens with zero attached hydrogens (tertiary/aromatic N) is 1. The molecule has 0 atom stereocenters. The zero-order chi connectivity index (χ0) is 12.6. The van der Waals surface area contributed by atoms with Crippen molar-refractivity contribution < 1.29 is 4.39 Å². The highest BCUT2D eigenvalue weighted by atomic mass is 79.9. The van der Waals surface area contributed by atoms with Crippen molar-refractivity contribution >= 4 is 21.6 Å². The Bertz CT molecular complexity index is 440. The highest BCUT2D eigenvalue weighted by Crippen LogP contribution is 2.42. The molecule has 0 radical (unpaired) electrons. The summed E-state index contributed by atoms with van der Waals surface area (Å²) in [5, 5.41) is 1.07. The molecular weight excluding hydrogens is 293 g/mol. The molecule has 98 valence electrons. The molecule has 1 aromatic rings.